The van der Waals surface area contributed by atoms with Gasteiger partial charge in [-0.1, -0.05) is 35.5 Å². The van der Waals surface area contributed by atoms with E-state index in [4.69, 9.17) is 11.6 Å². The lowest BCUT2D eigenvalue weighted by atomic mass is 10.1. The summed E-state index contributed by atoms with van der Waals surface area (Å²) in [7, 11) is 0. The van der Waals surface area contributed by atoms with Crippen molar-refractivity contribution in [3.8, 4) is 0 Å². The molecule has 7 nitrogen and oxygen atoms in total. The fraction of sp³-hybridized carbons (Fsp3) is 0.227. The fourth-order valence-electron chi connectivity index (χ4n) is 3.18. The van der Waals surface area contributed by atoms with Crippen molar-refractivity contribution >= 4 is 46.9 Å². The molecule has 0 spiro atoms. The van der Waals surface area contributed by atoms with Gasteiger partial charge in [0.05, 0.1) is 17.9 Å². The fourth-order valence-corrected chi connectivity index (χ4v) is 4.06. The number of carbonyl (C=O) groups excluding carboxylic acids is 2. The molecule has 1 saturated heterocycles. The molecule has 3 aliphatic heterocycles. The van der Waals surface area contributed by atoms with E-state index in [2.05, 4.69) is 37.7 Å². The van der Waals surface area contributed by atoms with Crippen LogP contribution in [0, 0.1) is 0 Å². The molecular formula is C22H18ClN5O2S. The van der Waals surface area contributed by atoms with Crippen LogP contribution in [0.5, 0.6) is 0 Å². The topological polar surface area (TPSA) is 77.4 Å². The summed E-state index contributed by atoms with van der Waals surface area (Å²) in [6, 6.07) is 10.2. The van der Waals surface area contributed by atoms with Crippen LogP contribution < -0.4 is 5.32 Å². The maximum absolute atomic E-state index is 12.5. The summed E-state index contributed by atoms with van der Waals surface area (Å²) in [6.07, 6.45) is 4.52. The molecule has 1 aromatic carbocycles. The highest BCUT2D eigenvalue weighted by Crippen LogP contribution is 2.31. The highest BCUT2D eigenvalue weighted by atomic mass is 35.5. The van der Waals surface area contributed by atoms with E-state index >= 15 is 0 Å². The molecule has 1 fully saturated rings. The van der Waals surface area contributed by atoms with Crippen LogP contribution in [-0.2, 0) is 16.1 Å². The summed E-state index contributed by atoms with van der Waals surface area (Å²) in [5, 5.41) is 2.81. The number of nitrogens with one attached hydrogen (secondary N) is 1. The molecule has 1 aromatic rings. The zero-order valence-corrected chi connectivity index (χ0v) is 18.0. The van der Waals surface area contributed by atoms with Crippen molar-refractivity contribution in [1.82, 2.24) is 9.80 Å². The van der Waals surface area contributed by atoms with Crippen molar-refractivity contribution in [3.63, 3.8) is 0 Å². The second kappa shape index (κ2) is 9.82. The van der Waals surface area contributed by atoms with Crippen LogP contribution in [0.25, 0.3) is 0 Å². The molecule has 1 N–H and O–H groups in total. The molecule has 156 valence electrons. The maximum Gasteiger partial charge on any atom is 0.269 e. The predicted molar refractivity (Wildman–Crippen MR) is 122 cm³/mol. The van der Waals surface area contributed by atoms with E-state index in [1.807, 2.05) is 29.2 Å². The van der Waals surface area contributed by atoms with Crippen LogP contribution in [0.3, 0.4) is 0 Å². The number of halogens is 1. The molecule has 3 heterocycles. The van der Waals surface area contributed by atoms with E-state index in [-0.39, 0.29) is 11.8 Å². The summed E-state index contributed by atoms with van der Waals surface area (Å²) >= 11 is 7.06. The number of hydrogen-bond acceptors (Lipinski definition) is 6. The molecule has 4 rings (SSSR count). The Balaban J connectivity index is 1.23. The van der Waals surface area contributed by atoms with Crippen LogP contribution in [0.2, 0.25) is 0 Å². The zero-order chi connectivity index (χ0) is 21.6. The largest absolute Gasteiger partial charge is 0.335 e. The lowest BCUT2D eigenvalue weighted by Crippen LogP contribution is -2.48. The van der Waals surface area contributed by atoms with E-state index in [1.165, 1.54) is 24.0 Å². The lowest BCUT2D eigenvalue weighted by molar-refractivity contribution is -0.128. The van der Waals surface area contributed by atoms with Crippen molar-refractivity contribution < 1.29 is 9.59 Å². The molecule has 0 unspecified atom stereocenters. The number of rotatable bonds is 6. The minimum Gasteiger partial charge on any atom is -0.335 e. The smallest absolute Gasteiger partial charge is 0.269 e. The van der Waals surface area contributed by atoms with Gasteiger partial charge in [0.2, 0.25) is 5.91 Å². The first kappa shape index (κ1) is 21.2. The van der Waals surface area contributed by atoms with Crippen molar-refractivity contribution in [2.75, 3.05) is 31.5 Å². The molecule has 31 heavy (non-hydrogen) atoms. The number of allylic oxidation sites excluding steroid dienone is 1. The molecule has 0 aromatic heterocycles. The Bertz CT molecular complexity index is 1130. The average molecular weight is 452 g/mol. The number of amides is 2. The number of anilines is 1. The summed E-state index contributed by atoms with van der Waals surface area (Å²) in [4.78, 5) is 36.7. The Morgan fingerprint density at radius 1 is 1.16 bits per heavy atom. The molecule has 2 amide bonds. The molecule has 9 heteroatoms. The molecule has 0 bridgehead atoms. The molecule has 0 atom stereocenters. The maximum atomic E-state index is 12.5. The molecule has 0 radical (unpaired) electrons. The second-order valence-corrected chi connectivity index (χ2v) is 8.56. The highest BCUT2D eigenvalue weighted by Gasteiger charge is 2.25. The van der Waals surface area contributed by atoms with Crippen LogP contribution in [0.4, 0.5) is 5.69 Å². The summed E-state index contributed by atoms with van der Waals surface area (Å²) in [5.41, 5.74) is 7.97. The number of benzene rings is 1. The van der Waals surface area contributed by atoms with Gasteiger partial charge in [0.15, 0.2) is 0 Å². The average Bonchev–Trinajstić information content (AvgIpc) is 3.45. The van der Waals surface area contributed by atoms with E-state index in [1.54, 1.807) is 6.08 Å². The summed E-state index contributed by atoms with van der Waals surface area (Å²) in [6.45, 7) is 3.69. The van der Waals surface area contributed by atoms with Gasteiger partial charge in [-0.05, 0) is 35.2 Å². The number of aliphatic imine (C=N–C) groups is 2. The molecule has 0 aliphatic carbocycles. The Morgan fingerprint density at radius 2 is 1.94 bits per heavy atom. The minimum atomic E-state index is -0.238. The monoisotopic (exact) mass is 451 g/mol. The minimum absolute atomic E-state index is 0.0366. The summed E-state index contributed by atoms with van der Waals surface area (Å²) < 4.78 is 0.451. The Kier molecular flexibility index (Phi) is 6.70. The Morgan fingerprint density at radius 3 is 2.58 bits per heavy atom. The summed E-state index contributed by atoms with van der Waals surface area (Å²) in [5.74, 6) is -0.274. The van der Waals surface area contributed by atoms with Crippen molar-refractivity contribution in [2.24, 2.45) is 9.98 Å². The standard InChI is InChI=1S/C22H18ClN5O2S/c23-20-7-6-19(31-20)22(30)28-11-9-27(10-12-28)14-16-1-3-17(4-2-16)26-21(29)8-5-18-13-24-15-25-18/h1-5,8,13H,9-12,14H2,(H,26,29)/b8-5+. The van der Waals surface area contributed by atoms with Gasteiger partial charge in [-0.25, -0.2) is 0 Å². The molecule has 3 aliphatic rings. The second-order valence-electron chi connectivity index (χ2n) is 6.94. The number of nitrogens with zero attached hydrogens (tertiary/aromatic N) is 4. The number of carbonyl (C=O) groups is 2. The van der Waals surface area contributed by atoms with Crippen molar-refractivity contribution in [3.05, 3.63) is 74.6 Å². The van der Waals surface area contributed by atoms with Gasteiger partial charge in [-0.15, -0.1) is 0 Å². The number of thioether (sulfide) groups is 1. The first-order chi connectivity index (χ1) is 15.1. The van der Waals surface area contributed by atoms with Gasteiger partial charge in [0, 0.05) is 44.5 Å². The Labute approximate surface area is 188 Å². The third-order valence-electron chi connectivity index (χ3n) is 4.79. The third-order valence-corrected chi connectivity index (χ3v) is 5.87. The SMILES string of the molecule is O=C(/C=C/C1=CN=C=N1)Nc1ccc(CN2CCN(C(=O)C3=C=C=C(Cl)S3)CC2)cc1. The zero-order valence-electron chi connectivity index (χ0n) is 16.5. The number of hydrogen-bond donors (Lipinski definition) is 1. The van der Waals surface area contributed by atoms with Crippen LogP contribution in [0.1, 0.15) is 5.56 Å². The highest BCUT2D eigenvalue weighted by molar-refractivity contribution is 8.09. The first-order valence-electron chi connectivity index (χ1n) is 9.61. The first-order valence-corrected chi connectivity index (χ1v) is 10.8. The van der Waals surface area contributed by atoms with E-state index < -0.39 is 0 Å². The van der Waals surface area contributed by atoms with Crippen molar-refractivity contribution in [1.29, 1.82) is 0 Å². The quantitative estimate of drug-likeness (QED) is 0.531. The van der Waals surface area contributed by atoms with Crippen LogP contribution in [-0.4, -0.2) is 53.8 Å². The van der Waals surface area contributed by atoms with Crippen LogP contribution in [0.15, 0.2) is 79.0 Å². The molecule has 0 saturated carbocycles. The van der Waals surface area contributed by atoms with Gasteiger partial charge in [0.25, 0.3) is 5.91 Å². The molecular weight excluding hydrogens is 434 g/mol. The van der Waals surface area contributed by atoms with Gasteiger partial charge in [0.1, 0.15) is 9.27 Å². The predicted octanol–water partition coefficient (Wildman–Crippen LogP) is 3.32. The van der Waals surface area contributed by atoms with Gasteiger partial charge >= 0.3 is 0 Å². The van der Waals surface area contributed by atoms with Gasteiger partial charge in [-0.3, -0.25) is 14.5 Å². The van der Waals surface area contributed by atoms with Gasteiger partial charge in [-0.2, -0.15) is 9.98 Å². The van der Waals surface area contributed by atoms with Gasteiger partial charge < -0.3 is 10.2 Å². The van der Waals surface area contributed by atoms with Crippen LogP contribution >= 0.6 is 23.4 Å². The van der Waals surface area contributed by atoms with E-state index in [9.17, 15) is 9.59 Å². The van der Waals surface area contributed by atoms with Crippen molar-refractivity contribution in [2.45, 2.75) is 6.54 Å². The number of piperazine rings is 1. The Hall–Kier alpha value is -3.08. The van der Waals surface area contributed by atoms with E-state index in [0.29, 0.717) is 28.1 Å². The normalized spacial score (nSPS) is 17.8. The lowest BCUT2D eigenvalue weighted by Gasteiger charge is -2.34. The third kappa shape index (κ3) is 5.75. The van der Waals surface area contributed by atoms with E-state index in [0.717, 1.165) is 30.9 Å².